The summed E-state index contributed by atoms with van der Waals surface area (Å²) in [5.41, 5.74) is 18.5. The largest absolute Gasteiger partial charge is 0.173 e. The number of rotatable bonds is 23. The van der Waals surface area contributed by atoms with Gasteiger partial charge in [-0.25, -0.2) is 0 Å². The summed E-state index contributed by atoms with van der Waals surface area (Å²) in [6.45, 7) is 13.9. The summed E-state index contributed by atoms with van der Waals surface area (Å²) in [5.74, 6) is 0. The van der Waals surface area contributed by atoms with Crippen LogP contribution in [0, 0.1) is 13.8 Å². The molecule has 5 aromatic heterocycles. The van der Waals surface area contributed by atoms with Crippen LogP contribution in [0.15, 0.2) is 60.7 Å². The minimum absolute atomic E-state index is 0.0614. The fourth-order valence-corrected chi connectivity index (χ4v) is 16.4. The third-order valence-electron chi connectivity index (χ3n) is 15.6. The van der Waals surface area contributed by atoms with Crippen LogP contribution in [-0.2, 0) is 10.8 Å². The van der Waals surface area contributed by atoms with E-state index in [1.54, 1.807) is 5.56 Å². The molecule has 9 heteroatoms. The summed E-state index contributed by atoms with van der Waals surface area (Å²) in [6, 6.07) is 24.5. The number of aromatic nitrogens is 4. The average Bonchev–Trinajstić information content (AvgIpc) is 4.20. The zero-order chi connectivity index (χ0) is 46.1. The first-order valence-electron chi connectivity index (χ1n) is 25.9. The minimum Gasteiger partial charge on any atom is -0.173 e. The Morgan fingerprint density at radius 1 is 0.373 bits per heavy atom. The molecule has 5 heterocycles. The molecule has 3 aromatic carbocycles. The van der Waals surface area contributed by atoms with Gasteiger partial charge in [0.2, 0.25) is 0 Å². The normalized spacial score (nSPS) is 14.4. The lowest BCUT2D eigenvalue weighted by Crippen LogP contribution is -2.27. The number of aryl methyl sites for hydroxylation is 2. The topological polar surface area (TPSA) is 51.6 Å². The Bertz CT molecular complexity index is 2970. The zero-order valence-electron chi connectivity index (χ0n) is 40.7. The van der Waals surface area contributed by atoms with Gasteiger partial charge >= 0.3 is 0 Å². The highest BCUT2D eigenvalue weighted by atomic mass is 32.1. The Balaban J connectivity index is 1.19. The first-order chi connectivity index (χ1) is 32.9. The van der Waals surface area contributed by atoms with Crippen molar-refractivity contribution in [1.29, 1.82) is 0 Å². The van der Waals surface area contributed by atoms with Gasteiger partial charge in [0.25, 0.3) is 0 Å². The van der Waals surface area contributed by atoms with Crippen LogP contribution in [0.4, 0.5) is 0 Å². The molecule has 0 N–H and O–H groups in total. The van der Waals surface area contributed by atoms with Crippen LogP contribution in [0.3, 0.4) is 0 Å². The molecule has 0 atom stereocenters. The van der Waals surface area contributed by atoms with Gasteiger partial charge in [-0.2, -0.15) is 17.5 Å². The fourth-order valence-electron chi connectivity index (χ4n) is 12.1. The van der Waals surface area contributed by atoms with E-state index in [-0.39, 0.29) is 10.8 Å². The highest BCUT2D eigenvalue weighted by Gasteiger charge is 2.49. The highest BCUT2D eigenvalue weighted by molar-refractivity contribution is 7.27. The van der Waals surface area contributed by atoms with E-state index in [1.165, 1.54) is 218 Å². The van der Waals surface area contributed by atoms with Crippen LogP contribution < -0.4 is 0 Å². The third-order valence-corrected chi connectivity index (χ3v) is 20.2. The van der Waals surface area contributed by atoms with Gasteiger partial charge < -0.3 is 0 Å². The molecule has 350 valence electrons. The summed E-state index contributed by atoms with van der Waals surface area (Å²) in [6.07, 6.45) is 24.8. The molecule has 0 aliphatic heterocycles. The van der Waals surface area contributed by atoms with E-state index >= 15 is 0 Å². The number of hydrogen-bond donors (Lipinski definition) is 0. The molecule has 2 aliphatic rings. The van der Waals surface area contributed by atoms with Gasteiger partial charge in [-0.05, 0) is 133 Å². The maximum Gasteiger partial charge on any atom is 0.114 e. The van der Waals surface area contributed by atoms with Crippen molar-refractivity contribution in [1.82, 2.24) is 17.5 Å². The van der Waals surface area contributed by atoms with E-state index in [2.05, 4.69) is 102 Å². The van der Waals surface area contributed by atoms with Gasteiger partial charge in [0.15, 0.2) is 0 Å². The van der Waals surface area contributed by atoms with Crippen molar-refractivity contribution in [2.24, 2.45) is 0 Å². The Morgan fingerprint density at radius 3 is 1.24 bits per heavy atom. The van der Waals surface area contributed by atoms with Gasteiger partial charge in [0.05, 0.1) is 23.5 Å². The van der Waals surface area contributed by atoms with Crippen molar-refractivity contribution in [2.75, 3.05) is 0 Å². The van der Waals surface area contributed by atoms with E-state index in [0.717, 1.165) is 34.9 Å². The van der Waals surface area contributed by atoms with Crippen LogP contribution in [-0.4, -0.2) is 17.5 Å². The lowest BCUT2D eigenvalue weighted by Gasteiger charge is -2.35. The van der Waals surface area contributed by atoms with E-state index in [4.69, 9.17) is 17.5 Å². The second kappa shape index (κ2) is 20.4. The maximum absolute atomic E-state index is 5.34. The summed E-state index contributed by atoms with van der Waals surface area (Å²) >= 11 is 8.52. The van der Waals surface area contributed by atoms with Crippen molar-refractivity contribution >= 4 is 79.5 Å². The molecule has 67 heavy (non-hydrogen) atoms. The van der Waals surface area contributed by atoms with Crippen molar-refractivity contribution in [2.45, 2.75) is 181 Å². The van der Waals surface area contributed by atoms with Crippen molar-refractivity contribution in [3.8, 4) is 52.2 Å². The quantitative estimate of drug-likeness (QED) is 0.0599. The predicted molar refractivity (Wildman–Crippen MR) is 295 cm³/mol. The molecule has 0 bridgehead atoms. The Hall–Kier alpha value is -3.60. The highest BCUT2D eigenvalue weighted by Crippen LogP contribution is 2.63. The van der Waals surface area contributed by atoms with Crippen LogP contribution >= 0.6 is 57.5 Å². The molecule has 10 rings (SSSR count). The van der Waals surface area contributed by atoms with Crippen LogP contribution in [0.2, 0.25) is 0 Å². The molecule has 0 spiro atoms. The molecule has 0 saturated carbocycles. The molecule has 0 unspecified atom stereocenters. The van der Waals surface area contributed by atoms with Gasteiger partial charge in [-0.15, -0.1) is 34.0 Å². The van der Waals surface area contributed by atoms with E-state index in [1.807, 2.05) is 34.0 Å². The van der Waals surface area contributed by atoms with Gasteiger partial charge in [0.1, 0.15) is 22.1 Å². The number of thiophene rings is 3. The third kappa shape index (κ3) is 8.53. The monoisotopic (exact) mass is 980 g/mol. The lowest BCUT2D eigenvalue weighted by molar-refractivity contribution is 0.397. The van der Waals surface area contributed by atoms with Gasteiger partial charge in [0, 0.05) is 56.8 Å². The van der Waals surface area contributed by atoms with Crippen LogP contribution in [0.5, 0.6) is 0 Å². The zero-order valence-corrected chi connectivity index (χ0v) is 44.8. The number of fused-ring (bicyclic) bond motifs is 10. The van der Waals surface area contributed by atoms with Crippen LogP contribution in [0.25, 0.3) is 74.3 Å². The molecule has 0 fully saturated rings. The fraction of sp³-hybridized carbons (Fsp3) is 0.483. The van der Waals surface area contributed by atoms with Gasteiger partial charge in [-0.1, -0.05) is 136 Å². The maximum atomic E-state index is 5.34. The lowest BCUT2D eigenvalue weighted by atomic mass is 9.68. The molecule has 0 radical (unpaired) electrons. The molecular weight excluding hydrogens is 913 g/mol. The average molecular weight is 982 g/mol. The first-order valence-corrected chi connectivity index (χ1v) is 29.8. The van der Waals surface area contributed by atoms with Crippen molar-refractivity contribution in [3.05, 3.63) is 93.4 Å². The first kappa shape index (κ1) is 47.1. The number of hydrogen-bond acceptors (Lipinski definition) is 9. The van der Waals surface area contributed by atoms with Crippen molar-refractivity contribution in [3.63, 3.8) is 0 Å². The smallest absolute Gasteiger partial charge is 0.114 e. The SMILES string of the molecule is CCCCCCC1(CCCCCC)c2cc3c(cc2-c2c1cc(C)c1nsnc21)C(CCCCCC)(CCCCCC)c1cc(-c2ccc(-c4ccc(-c5ccc(C)s5)s4)s2)c2nsnc2c1-3. The Kier molecular flexibility index (Phi) is 14.3. The van der Waals surface area contributed by atoms with Crippen molar-refractivity contribution < 1.29 is 0 Å². The Morgan fingerprint density at radius 2 is 0.761 bits per heavy atom. The number of nitrogens with zero attached hydrogens (tertiary/aromatic N) is 4. The summed E-state index contributed by atoms with van der Waals surface area (Å²) in [5, 5.41) is 0. The minimum atomic E-state index is -0.118. The second-order valence-corrected chi connectivity index (χ2v) is 24.5. The number of benzene rings is 3. The van der Waals surface area contributed by atoms with E-state index < -0.39 is 0 Å². The summed E-state index contributed by atoms with van der Waals surface area (Å²) in [7, 11) is 0. The Labute approximate surface area is 420 Å². The standard InChI is InChI=1S/C58H68N4S5/c1-7-11-15-19-29-57(30-20-16-12-8-2)42-35-40-43(34-39(42)51-44(57)33-37(5)53-55(51)61-66-59-53)58(31-21-17-13-9-3,32-22-18-14-10-4)45-36-41(54-56(52(40)45)62-67-60-54)46-25-26-49(64-46)50-28-27-48(65-50)47-24-23-38(6)63-47/h23-28,33-36H,7-22,29-32H2,1-6H3. The van der Waals surface area contributed by atoms with Crippen LogP contribution in [0.1, 0.15) is 189 Å². The van der Waals surface area contributed by atoms with E-state index in [0.29, 0.717) is 0 Å². The van der Waals surface area contributed by atoms with Gasteiger partial charge in [-0.3, -0.25) is 0 Å². The molecule has 8 aromatic rings. The summed E-state index contributed by atoms with van der Waals surface area (Å²) in [4.78, 5) is 8.02. The molecule has 4 nitrogen and oxygen atoms in total. The number of unbranched alkanes of at least 4 members (excludes halogenated alkanes) is 12. The molecule has 2 aliphatic carbocycles. The second-order valence-electron chi connectivity index (χ2n) is 20.0. The van der Waals surface area contributed by atoms with E-state index in [9.17, 15) is 0 Å². The molecular formula is C58H68N4S5. The predicted octanol–water partition coefficient (Wildman–Crippen LogP) is 19.9. The molecule has 0 saturated heterocycles. The summed E-state index contributed by atoms with van der Waals surface area (Å²) < 4.78 is 20.7. The molecule has 0 amide bonds.